The molecule has 2 unspecified atom stereocenters. The quantitative estimate of drug-likeness (QED) is 0.535. The molecule has 1 aliphatic carbocycles. The Balaban J connectivity index is 1.89. The lowest BCUT2D eigenvalue weighted by molar-refractivity contribution is -0.184. The third-order valence-corrected chi connectivity index (χ3v) is 6.39. The predicted octanol–water partition coefficient (Wildman–Crippen LogP) is 4.54. The third kappa shape index (κ3) is 4.10. The number of amides is 1. The van der Waals surface area contributed by atoms with Crippen molar-refractivity contribution in [2.24, 2.45) is 11.7 Å². The Kier molecular flexibility index (Phi) is 6.05. The SMILES string of the molecule is COc1c(C2CC[C@H](C(F)(F)F)CC2c2cc(=O)c3c(C(N)=O)nccc3[nH]2)ccc(F)c1F. The van der Waals surface area contributed by atoms with Crippen LogP contribution in [0.3, 0.4) is 0 Å². The Labute approximate surface area is 189 Å². The number of H-pyrrole nitrogens is 1. The summed E-state index contributed by atoms with van der Waals surface area (Å²) in [5, 5.41) is -0.0797. The molecule has 11 heteroatoms. The number of hydrogen-bond donors (Lipinski definition) is 2. The van der Waals surface area contributed by atoms with Gasteiger partial charge in [-0.1, -0.05) is 6.07 Å². The van der Waals surface area contributed by atoms with Gasteiger partial charge in [0.1, 0.15) is 5.69 Å². The van der Waals surface area contributed by atoms with Crippen molar-refractivity contribution < 1.29 is 31.5 Å². The highest BCUT2D eigenvalue weighted by molar-refractivity contribution is 6.03. The normalized spacial score (nSPS) is 20.9. The van der Waals surface area contributed by atoms with Crippen molar-refractivity contribution >= 4 is 16.8 Å². The van der Waals surface area contributed by atoms with E-state index >= 15 is 0 Å². The van der Waals surface area contributed by atoms with Gasteiger partial charge in [0, 0.05) is 29.4 Å². The van der Waals surface area contributed by atoms with Gasteiger partial charge in [0.2, 0.25) is 5.82 Å². The molecule has 3 aromatic rings. The Bertz CT molecular complexity index is 1320. The van der Waals surface area contributed by atoms with Crippen LogP contribution in [-0.2, 0) is 0 Å². The summed E-state index contributed by atoms with van der Waals surface area (Å²) in [7, 11) is 1.15. The number of rotatable bonds is 4. The van der Waals surface area contributed by atoms with Gasteiger partial charge in [-0.05, 0) is 37.3 Å². The van der Waals surface area contributed by atoms with Crippen LogP contribution in [-0.4, -0.2) is 29.2 Å². The van der Waals surface area contributed by atoms with E-state index < -0.39 is 46.9 Å². The summed E-state index contributed by atoms with van der Waals surface area (Å²) in [5.74, 6) is -6.95. The van der Waals surface area contributed by atoms with Crippen molar-refractivity contribution in [2.75, 3.05) is 7.11 Å². The molecule has 1 amide bonds. The fourth-order valence-corrected chi connectivity index (χ4v) is 4.84. The molecule has 180 valence electrons. The second-order valence-electron chi connectivity index (χ2n) is 8.28. The standard InChI is InChI=1S/C23H20F5N3O3/c1-34-21-12(4-5-14(24)19(21)25)11-3-2-10(23(26,27)28)8-13(11)16-9-17(32)18-15(31-16)6-7-30-20(18)22(29)33/h4-7,9-11,13H,2-3,8H2,1H3,(H2,29,33)(H,31,32)/t10-,11?,13?/m0/s1. The molecule has 2 aromatic heterocycles. The molecule has 0 bridgehead atoms. The van der Waals surface area contributed by atoms with Gasteiger partial charge in [-0.15, -0.1) is 0 Å². The van der Waals surface area contributed by atoms with Gasteiger partial charge >= 0.3 is 6.18 Å². The molecule has 34 heavy (non-hydrogen) atoms. The van der Waals surface area contributed by atoms with Crippen molar-refractivity contribution in [1.82, 2.24) is 9.97 Å². The fourth-order valence-electron chi connectivity index (χ4n) is 4.84. The molecule has 3 N–H and O–H groups in total. The number of primary amides is 1. The Morgan fingerprint density at radius 2 is 1.91 bits per heavy atom. The summed E-state index contributed by atoms with van der Waals surface area (Å²) in [6, 6.07) is 4.70. The Morgan fingerprint density at radius 3 is 2.56 bits per heavy atom. The van der Waals surface area contributed by atoms with Crippen LogP contribution in [0.25, 0.3) is 10.9 Å². The maximum absolute atomic E-state index is 14.4. The maximum Gasteiger partial charge on any atom is 0.391 e. The number of nitrogens with zero attached hydrogens (tertiary/aromatic N) is 1. The molecule has 0 saturated heterocycles. The zero-order chi connectivity index (χ0) is 24.8. The second kappa shape index (κ2) is 8.69. The molecule has 2 heterocycles. The molecule has 1 fully saturated rings. The monoisotopic (exact) mass is 481 g/mol. The van der Waals surface area contributed by atoms with E-state index in [-0.39, 0.29) is 52.9 Å². The fraction of sp³-hybridized carbons (Fsp3) is 0.348. The van der Waals surface area contributed by atoms with Gasteiger partial charge < -0.3 is 15.5 Å². The maximum atomic E-state index is 14.4. The number of alkyl halides is 3. The number of carbonyl (C=O) groups is 1. The minimum Gasteiger partial charge on any atom is -0.493 e. The van der Waals surface area contributed by atoms with Crippen LogP contribution in [0.2, 0.25) is 0 Å². The van der Waals surface area contributed by atoms with Gasteiger partial charge in [0.25, 0.3) is 5.91 Å². The van der Waals surface area contributed by atoms with Gasteiger partial charge in [-0.25, -0.2) is 4.39 Å². The van der Waals surface area contributed by atoms with E-state index in [0.29, 0.717) is 0 Å². The van der Waals surface area contributed by atoms with E-state index in [9.17, 15) is 31.5 Å². The molecule has 1 saturated carbocycles. The first-order valence-electron chi connectivity index (χ1n) is 10.4. The molecule has 0 spiro atoms. The van der Waals surface area contributed by atoms with Crippen LogP contribution in [0, 0.1) is 17.6 Å². The van der Waals surface area contributed by atoms with Crippen molar-refractivity contribution in [3.05, 3.63) is 69.3 Å². The summed E-state index contributed by atoms with van der Waals surface area (Å²) in [5.41, 5.74) is 4.94. The van der Waals surface area contributed by atoms with Gasteiger partial charge in [0.15, 0.2) is 17.0 Å². The number of halogens is 5. The minimum atomic E-state index is -4.47. The molecule has 0 radical (unpaired) electrons. The van der Waals surface area contributed by atoms with Crippen LogP contribution < -0.4 is 15.9 Å². The number of nitrogens with two attached hydrogens (primary N) is 1. The van der Waals surface area contributed by atoms with Crippen molar-refractivity contribution in [3.8, 4) is 5.75 Å². The van der Waals surface area contributed by atoms with Crippen LogP contribution in [0.15, 0.2) is 35.3 Å². The van der Waals surface area contributed by atoms with Gasteiger partial charge in [-0.2, -0.15) is 17.6 Å². The van der Waals surface area contributed by atoms with Crippen LogP contribution in [0.5, 0.6) is 5.75 Å². The second-order valence-corrected chi connectivity index (χ2v) is 8.28. The molecule has 1 aromatic carbocycles. The lowest BCUT2D eigenvalue weighted by Crippen LogP contribution is -2.32. The summed E-state index contributed by atoms with van der Waals surface area (Å²) in [4.78, 5) is 31.3. The largest absolute Gasteiger partial charge is 0.493 e. The number of aromatic nitrogens is 2. The highest BCUT2D eigenvalue weighted by atomic mass is 19.4. The van der Waals surface area contributed by atoms with Crippen molar-refractivity contribution in [3.63, 3.8) is 0 Å². The first-order chi connectivity index (χ1) is 16.0. The third-order valence-electron chi connectivity index (χ3n) is 6.39. The number of hydrogen-bond acceptors (Lipinski definition) is 4. The first-order valence-corrected chi connectivity index (χ1v) is 10.4. The molecule has 4 rings (SSSR count). The topological polar surface area (TPSA) is 98.1 Å². The number of ether oxygens (including phenoxy) is 1. The van der Waals surface area contributed by atoms with Crippen LogP contribution >= 0.6 is 0 Å². The first kappa shape index (κ1) is 23.7. The summed E-state index contributed by atoms with van der Waals surface area (Å²) >= 11 is 0. The number of methoxy groups -OCH3 is 1. The van der Waals surface area contributed by atoms with E-state index in [1.807, 2.05) is 0 Å². The number of aromatic amines is 1. The number of benzene rings is 1. The Morgan fingerprint density at radius 1 is 1.18 bits per heavy atom. The minimum absolute atomic E-state index is 0.000769. The van der Waals surface area contributed by atoms with Gasteiger partial charge in [-0.3, -0.25) is 14.6 Å². The van der Waals surface area contributed by atoms with Crippen molar-refractivity contribution in [2.45, 2.75) is 37.3 Å². The highest BCUT2D eigenvalue weighted by Gasteiger charge is 2.46. The van der Waals surface area contributed by atoms with E-state index in [4.69, 9.17) is 10.5 Å². The number of carbonyl (C=O) groups excluding carboxylic acids is 1. The summed E-state index contributed by atoms with van der Waals surface area (Å²) in [6.45, 7) is 0. The number of fused-ring (bicyclic) bond motifs is 1. The van der Waals surface area contributed by atoms with Crippen LogP contribution in [0.1, 0.15) is 52.8 Å². The smallest absolute Gasteiger partial charge is 0.391 e. The zero-order valence-electron chi connectivity index (χ0n) is 17.9. The Hall–Kier alpha value is -3.50. The number of pyridine rings is 2. The predicted molar refractivity (Wildman–Crippen MR) is 113 cm³/mol. The molecule has 0 aliphatic heterocycles. The zero-order valence-corrected chi connectivity index (χ0v) is 17.9. The molecule has 6 nitrogen and oxygen atoms in total. The number of nitrogens with one attached hydrogen (secondary N) is 1. The molecular formula is C23H20F5N3O3. The van der Waals surface area contributed by atoms with E-state index in [0.717, 1.165) is 19.2 Å². The molecular weight excluding hydrogens is 461 g/mol. The lowest BCUT2D eigenvalue weighted by Gasteiger charge is -2.37. The lowest BCUT2D eigenvalue weighted by atomic mass is 9.69. The average molecular weight is 481 g/mol. The van der Waals surface area contributed by atoms with E-state index in [1.54, 1.807) is 0 Å². The molecule has 3 atom stereocenters. The van der Waals surface area contributed by atoms with Crippen LogP contribution in [0.4, 0.5) is 22.0 Å². The summed E-state index contributed by atoms with van der Waals surface area (Å²) in [6.07, 6.45) is -3.83. The van der Waals surface area contributed by atoms with Crippen molar-refractivity contribution in [1.29, 1.82) is 0 Å². The highest BCUT2D eigenvalue weighted by Crippen LogP contribution is 2.52. The molecule has 1 aliphatic rings. The average Bonchev–Trinajstić information content (AvgIpc) is 2.79. The summed E-state index contributed by atoms with van der Waals surface area (Å²) < 4.78 is 74.2. The van der Waals surface area contributed by atoms with E-state index in [2.05, 4.69) is 9.97 Å². The van der Waals surface area contributed by atoms with Gasteiger partial charge in [0.05, 0.1) is 23.9 Å². The van der Waals surface area contributed by atoms with E-state index in [1.165, 1.54) is 18.3 Å².